The summed E-state index contributed by atoms with van der Waals surface area (Å²) in [7, 11) is -2.43. The van der Waals surface area contributed by atoms with Crippen LogP contribution in [-0.2, 0) is 14.8 Å². The zero-order valence-electron chi connectivity index (χ0n) is 18.9. The van der Waals surface area contributed by atoms with E-state index in [1.807, 2.05) is 13.8 Å². The molecule has 7 nitrogen and oxygen atoms in total. The van der Waals surface area contributed by atoms with Gasteiger partial charge in [0.1, 0.15) is 18.1 Å². The van der Waals surface area contributed by atoms with Crippen molar-refractivity contribution in [1.29, 1.82) is 0 Å². The molecule has 2 aromatic carbocycles. The summed E-state index contributed by atoms with van der Waals surface area (Å²) in [5.74, 6) is 1.26. The summed E-state index contributed by atoms with van der Waals surface area (Å²) in [4.78, 5) is 14.9. The number of carbonyl (C=O) groups excluding carboxylic acids is 1. The Hall–Kier alpha value is -2.45. The minimum Gasteiger partial charge on any atom is -0.495 e. The van der Waals surface area contributed by atoms with Crippen LogP contribution >= 0.6 is 11.6 Å². The summed E-state index contributed by atoms with van der Waals surface area (Å²) in [6, 6.07) is 9.19. The lowest BCUT2D eigenvalue weighted by molar-refractivity contribution is -0.127. The molecule has 0 unspecified atom stereocenters. The highest BCUT2D eigenvalue weighted by molar-refractivity contribution is 7.92. The fourth-order valence-corrected chi connectivity index (χ4v) is 4.75. The highest BCUT2D eigenvalue weighted by atomic mass is 35.5. The highest BCUT2D eigenvalue weighted by Crippen LogP contribution is 2.39. The van der Waals surface area contributed by atoms with Crippen molar-refractivity contribution in [1.82, 2.24) is 0 Å². The van der Waals surface area contributed by atoms with Crippen molar-refractivity contribution in [3.63, 3.8) is 0 Å². The molecule has 0 saturated carbocycles. The van der Waals surface area contributed by atoms with Gasteiger partial charge in [0.15, 0.2) is 0 Å². The van der Waals surface area contributed by atoms with E-state index in [-0.39, 0.29) is 22.4 Å². The van der Waals surface area contributed by atoms with E-state index in [4.69, 9.17) is 21.1 Å². The number of amides is 1. The third kappa shape index (κ3) is 5.13. The minimum atomic E-state index is -3.89. The molecule has 0 aliphatic carbocycles. The summed E-state index contributed by atoms with van der Waals surface area (Å²) < 4.78 is 39.3. The van der Waals surface area contributed by atoms with Crippen LogP contribution in [0.1, 0.15) is 34.1 Å². The molecule has 1 aliphatic rings. The van der Waals surface area contributed by atoms with Gasteiger partial charge in [0.05, 0.1) is 33.8 Å². The van der Waals surface area contributed by atoms with Gasteiger partial charge in [-0.1, -0.05) is 25.4 Å². The summed E-state index contributed by atoms with van der Waals surface area (Å²) in [6.07, 6.45) is 0.841. The van der Waals surface area contributed by atoms with E-state index in [1.54, 1.807) is 23.1 Å². The highest BCUT2D eigenvalue weighted by Gasteiger charge is 2.37. The molecule has 0 saturated heterocycles. The van der Waals surface area contributed by atoms with Crippen LogP contribution in [0.4, 0.5) is 11.4 Å². The number of hydrogen-bond acceptors (Lipinski definition) is 5. The van der Waals surface area contributed by atoms with E-state index in [2.05, 4.69) is 18.6 Å². The minimum absolute atomic E-state index is 0.00836. The van der Waals surface area contributed by atoms with Crippen molar-refractivity contribution in [3.05, 3.63) is 41.4 Å². The third-order valence-electron chi connectivity index (χ3n) is 5.28. The van der Waals surface area contributed by atoms with Gasteiger partial charge in [0.2, 0.25) is 5.91 Å². The molecule has 9 heteroatoms. The fourth-order valence-electron chi connectivity index (χ4n) is 3.35. The second-order valence-electron chi connectivity index (χ2n) is 8.90. The zero-order chi connectivity index (χ0) is 23.7. The molecule has 3 rings (SSSR count). The summed E-state index contributed by atoms with van der Waals surface area (Å²) in [5, 5.41) is 0.196. The molecule has 0 aromatic heterocycles. The summed E-state index contributed by atoms with van der Waals surface area (Å²) in [5.41, 5.74) is 0.263. The van der Waals surface area contributed by atoms with Crippen LogP contribution in [0, 0.1) is 11.3 Å². The van der Waals surface area contributed by atoms with Crippen molar-refractivity contribution in [2.24, 2.45) is 11.3 Å². The van der Waals surface area contributed by atoms with Gasteiger partial charge in [-0.15, -0.1) is 0 Å². The van der Waals surface area contributed by atoms with Gasteiger partial charge >= 0.3 is 0 Å². The molecular formula is C23H29ClN2O5S. The van der Waals surface area contributed by atoms with Gasteiger partial charge in [-0.3, -0.25) is 9.52 Å². The number of ether oxygens (including phenoxy) is 2. The molecular weight excluding hydrogens is 452 g/mol. The number of methoxy groups -OCH3 is 1. The first-order valence-electron chi connectivity index (χ1n) is 10.4. The molecule has 1 aliphatic heterocycles. The standard InChI is InChI=1S/C23H29ClN2O5S/c1-15(2)10-11-26-19-8-6-16(12-21(19)31-14-23(3,4)22(26)27)25-32(28,29)17-7-9-20(30-5)18(24)13-17/h6-9,12-13,15,25H,10-11,14H2,1-5H3. The van der Waals surface area contributed by atoms with Crippen molar-refractivity contribution in [2.75, 3.05) is 29.9 Å². The normalized spacial score (nSPS) is 15.7. The topological polar surface area (TPSA) is 84.9 Å². The number of carbonyl (C=O) groups is 1. The van der Waals surface area contributed by atoms with Crippen LogP contribution in [0.2, 0.25) is 5.02 Å². The van der Waals surface area contributed by atoms with E-state index in [1.165, 1.54) is 25.3 Å². The number of halogens is 1. The molecule has 32 heavy (non-hydrogen) atoms. The van der Waals surface area contributed by atoms with Gasteiger partial charge in [0, 0.05) is 12.6 Å². The van der Waals surface area contributed by atoms with Crippen LogP contribution in [0.3, 0.4) is 0 Å². The first-order chi connectivity index (χ1) is 14.9. The number of anilines is 2. The lowest BCUT2D eigenvalue weighted by Gasteiger charge is -2.28. The Bertz CT molecular complexity index is 1120. The number of nitrogens with one attached hydrogen (secondary N) is 1. The maximum absolute atomic E-state index is 13.1. The SMILES string of the molecule is COc1ccc(S(=O)(=O)Nc2ccc3c(c2)OCC(C)(C)C(=O)N3CCC(C)C)cc1Cl. The molecule has 0 bridgehead atoms. The van der Waals surface area contributed by atoms with E-state index in [0.717, 1.165) is 6.42 Å². The molecule has 1 amide bonds. The molecule has 0 radical (unpaired) electrons. The van der Waals surface area contributed by atoms with Crippen molar-refractivity contribution >= 4 is 38.9 Å². The quantitative estimate of drug-likeness (QED) is 0.606. The second kappa shape index (κ2) is 9.19. The smallest absolute Gasteiger partial charge is 0.261 e. The van der Waals surface area contributed by atoms with E-state index in [9.17, 15) is 13.2 Å². The Kier molecular flexibility index (Phi) is 6.95. The first kappa shape index (κ1) is 24.2. The maximum atomic E-state index is 13.1. The van der Waals surface area contributed by atoms with Crippen LogP contribution in [-0.4, -0.2) is 34.6 Å². The molecule has 1 heterocycles. The monoisotopic (exact) mass is 480 g/mol. The maximum Gasteiger partial charge on any atom is 0.261 e. The third-order valence-corrected chi connectivity index (χ3v) is 6.95. The number of benzene rings is 2. The van der Waals surface area contributed by atoms with Gasteiger partial charge in [-0.25, -0.2) is 8.42 Å². The molecule has 1 N–H and O–H groups in total. The average Bonchev–Trinajstić information content (AvgIpc) is 2.81. The Balaban J connectivity index is 1.93. The van der Waals surface area contributed by atoms with Crippen LogP contribution < -0.4 is 19.1 Å². The zero-order valence-corrected chi connectivity index (χ0v) is 20.5. The summed E-state index contributed by atoms with van der Waals surface area (Å²) in [6.45, 7) is 8.66. The van der Waals surface area contributed by atoms with Crippen molar-refractivity contribution < 1.29 is 22.7 Å². The van der Waals surface area contributed by atoms with Gasteiger partial charge in [-0.2, -0.15) is 0 Å². The Morgan fingerprint density at radius 2 is 1.94 bits per heavy atom. The number of sulfonamides is 1. The van der Waals surface area contributed by atoms with Crippen molar-refractivity contribution in [3.8, 4) is 11.5 Å². The van der Waals surface area contributed by atoms with Crippen LogP contribution in [0.25, 0.3) is 0 Å². The molecule has 0 fully saturated rings. The number of hydrogen-bond donors (Lipinski definition) is 1. The van der Waals surface area contributed by atoms with E-state index < -0.39 is 15.4 Å². The van der Waals surface area contributed by atoms with E-state index in [0.29, 0.717) is 35.3 Å². The van der Waals surface area contributed by atoms with Crippen LogP contribution in [0.15, 0.2) is 41.3 Å². The molecule has 2 aromatic rings. The Labute approximate surface area is 194 Å². The van der Waals surface area contributed by atoms with Crippen LogP contribution in [0.5, 0.6) is 11.5 Å². The lowest BCUT2D eigenvalue weighted by atomic mass is 9.92. The van der Waals surface area contributed by atoms with Crippen molar-refractivity contribution in [2.45, 2.75) is 39.0 Å². The Morgan fingerprint density at radius 3 is 2.56 bits per heavy atom. The molecule has 174 valence electrons. The molecule has 0 spiro atoms. The largest absolute Gasteiger partial charge is 0.495 e. The fraction of sp³-hybridized carbons (Fsp3) is 0.435. The average molecular weight is 481 g/mol. The Morgan fingerprint density at radius 1 is 1.22 bits per heavy atom. The van der Waals surface area contributed by atoms with Gasteiger partial charge in [-0.05, 0) is 56.5 Å². The van der Waals surface area contributed by atoms with E-state index >= 15 is 0 Å². The van der Waals surface area contributed by atoms with Gasteiger partial charge < -0.3 is 14.4 Å². The molecule has 0 atom stereocenters. The predicted molar refractivity (Wildman–Crippen MR) is 126 cm³/mol. The number of rotatable bonds is 7. The number of fused-ring (bicyclic) bond motifs is 1. The summed E-state index contributed by atoms with van der Waals surface area (Å²) >= 11 is 6.09. The van der Waals surface area contributed by atoms with Gasteiger partial charge in [0.25, 0.3) is 10.0 Å². The second-order valence-corrected chi connectivity index (χ2v) is 11.0. The lowest BCUT2D eigenvalue weighted by Crippen LogP contribution is -2.42. The predicted octanol–water partition coefficient (Wildman–Crippen LogP) is 4.95. The first-order valence-corrected chi connectivity index (χ1v) is 12.3. The number of nitrogens with zero attached hydrogens (tertiary/aromatic N) is 1.